The summed E-state index contributed by atoms with van der Waals surface area (Å²) in [6.45, 7) is 8.32. The van der Waals surface area contributed by atoms with Gasteiger partial charge in [-0.15, -0.1) is 0 Å². The first-order chi connectivity index (χ1) is 9.22. The molecule has 0 amide bonds. The first-order valence-corrected chi connectivity index (χ1v) is 6.96. The Labute approximate surface area is 115 Å². The van der Waals surface area contributed by atoms with E-state index in [1.165, 1.54) is 0 Å². The fourth-order valence-corrected chi connectivity index (χ4v) is 1.73. The van der Waals surface area contributed by atoms with Gasteiger partial charge in [0.15, 0.2) is 0 Å². The molecule has 19 heavy (non-hydrogen) atoms. The van der Waals surface area contributed by atoms with Crippen LogP contribution in [0.2, 0.25) is 0 Å². The van der Waals surface area contributed by atoms with Crippen LogP contribution in [0.5, 0.6) is 5.88 Å². The predicted molar refractivity (Wildman–Crippen MR) is 76.9 cm³/mol. The molecule has 0 saturated carbocycles. The molecule has 0 spiro atoms. The largest absolute Gasteiger partial charge is 0.477 e. The average Bonchev–Trinajstić information content (AvgIpc) is 2.40. The number of nitrogens with one attached hydrogen (secondary N) is 1. The van der Waals surface area contributed by atoms with Crippen molar-refractivity contribution in [1.82, 2.24) is 9.97 Å². The SMILES string of the molecule is CCCc1nc(NCC)c(C)c(OCCCOC)n1. The van der Waals surface area contributed by atoms with Crippen LogP contribution in [0.15, 0.2) is 0 Å². The van der Waals surface area contributed by atoms with Crippen LogP contribution in [-0.2, 0) is 11.2 Å². The normalized spacial score (nSPS) is 10.5. The Kier molecular flexibility index (Phi) is 7.18. The summed E-state index contributed by atoms with van der Waals surface area (Å²) < 4.78 is 10.8. The van der Waals surface area contributed by atoms with Crippen molar-refractivity contribution in [1.29, 1.82) is 0 Å². The fourth-order valence-electron chi connectivity index (χ4n) is 1.73. The zero-order valence-electron chi connectivity index (χ0n) is 12.5. The summed E-state index contributed by atoms with van der Waals surface area (Å²) in [5.74, 6) is 2.40. The van der Waals surface area contributed by atoms with Gasteiger partial charge in [0.25, 0.3) is 0 Å². The first kappa shape index (κ1) is 15.7. The molecule has 5 heteroatoms. The zero-order chi connectivity index (χ0) is 14.1. The van der Waals surface area contributed by atoms with E-state index in [1.54, 1.807) is 7.11 Å². The number of anilines is 1. The molecular weight excluding hydrogens is 242 g/mol. The van der Waals surface area contributed by atoms with Crippen molar-refractivity contribution in [2.45, 2.75) is 40.0 Å². The number of nitrogens with zero attached hydrogens (tertiary/aromatic N) is 2. The third-order valence-corrected chi connectivity index (χ3v) is 2.70. The van der Waals surface area contributed by atoms with Gasteiger partial charge in [-0.2, -0.15) is 4.98 Å². The lowest BCUT2D eigenvalue weighted by molar-refractivity contribution is 0.170. The van der Waals surface area contributed by atoms with Crippen LogP contribution in [0, 0.1) is 6.92 Å². The molecular formula is C14H25N3O2. The Morgan fingerprint density at radius 2 is 1.95 bits per heavy atom. The van der Waals surface area contributed by atoms with Crippen LogP contribution in [-0.4, -0.2) is 36.8 Å². The standard InChI is InChI=1S/C14H25N3O2/c1-5-8-12-16-13(15-6-2)11(3)14(17-12)19-10-7-9-18-4/h5-10H2,1-4H3,(H,15,16,17). The van der Waals surface area contributed by atoms with Gasteiger partial charge in [-0.25, -0.2) is 4.98 Å². The van der Waals surface area contributed by atoms with Gasteiger partial charge >= 0.3 is 0 Å². The first-order valence-electron chi connectivity index (χ1n) is 6.96. The third-order valence-electron chi connectivity index (χ3n) is 2.70. The molecule has 0 unspecified atom stereocenters. The van der Waals surface area contributed by atoms with E-state index in [4.69, 9.17) is 9.47 Å². The van der Waals surface area contributed by atoms with E-state index in [1.807, 2.05) is 6.92 Å². The lowest BCUT2D eigenvalue weighted by atomic mass is 10.2. The van der Waals surface area contributed by atoms with Gasteiger partial charge in [-0.1, -0.05) is 6.92 Å². The van der Waals surface area contributed by atoms with E-state index in [0.717, 1.165) is 43.0 Å². The molecule has 0 fully saturated rings. The van der Waals surface area contributed by atoms with Crippen molar-refractivity contribution in [3.63, 3.8) is 0 Å². The van der Waals surface area contributed by atoms with Crippen LogP contribution in [0.25, 0.3) is 0 Å². The molecule has 0 atom stereocenters. The van der Waals surface area contributed by atoms with Gasteiger partial charge in [0.05, 0.1) is 12.2 Å². The van der Waals surface area contributed by atoms with Gasteiger partial charge < -0.3 is 14.8 Å². The van der Waals surface area contributed by atoms with Crippen LogP contribution in [0.4, 0.5) is 5.82 Å². The maximum absolute atomic E-state index is 5.74. The molecule has 0 aliphatic rings. The van der Waals surface area contributed by atoms with Gasteiger partial charge in [0, 0.05) is 33.1 Å². The predicted octanol–water partition coefficient (Wildman–Crippen LogP) is 2.58. The molecule has 0 aliphatic heterocycles. The molecule has 1 N–H and O–H groups in total. The molecule has 1 aromatic rings. The Balaban J connectivity index is 2.80. The molecule has 0 aliphatic carbocycles. The molecule has 1 aromatic heterocycles. The summed E-state index contributed by atoms with van der Waals surface area (Å²) in [5, 5.41) is 3.26. The maximum Gasteiger partial charge on any atom is 0.221 e. The topological polar surface area (TPSA) is 56.3 Å². The summed E-state index contributed by atoms with van der Waals surface area (Å²) in [5.41, 5.74) is 0.971. The Hall–Kier alpha value is -1.36. The van der Waals surface area contributed by atoms with E-state index >= 15 is 0 Å². The highest BCUT2D eigenvalue weighted by Gasteiger charge is 2.11. The molecule has 108 valence electrons. The minimum absolute atomic E-state index is 0.614. The second kappa shape index (κ2) is 8.69. The van der Waals surface area contributed by atoms with Crippen molar-refractivity contribution >= 4 is 5.82 Å². The number of rotatable bonds is 9. The van der Waals surface area contributed by atoms with Crippen molar-refractivity contribution < 1.29 is 9.47 Å². The van der Waals surface area contributed by atoms with Crippen LogP contribution < -0.4 is 10.1 Å². The van der Waals surface area contributed by atoms with Crippen molar-refractivity contribution in [2.24, 2.45) is 0 Å². The summed E-state index contributed by atoms with van der Waals surface area (Å²) in [6, 6.07) is 0. The van der Waals surface area contributed by atoms with E-state index in [9.17, 15) is 0 Å². The Morgan fingerprint density at radius 1 is 1.16 bits per heavy atom. The van der Waals surface area contributed by atoms with E-state index in [0.29, 0.717) is 19.1 Å². The van der Waals surface area contributed by atoms with Crippen LogP contribution in [0.1, 0.15) is 38.1 Å². The third kappa shape index (κ3) is 5.03. The second-order valence-corrected chi connectivity index (χ2v) is 4.39. The smallest absolute Gasteiger partial charge is 0.221 e. The van der Waals surface area contributed by atoms with Gasteiger partial charge in [0.2, 0.25) is 5.88 Å². The molecule has 5 nitrogen and oxygen atoms in total. The average molecular weight is 267 g/mol. The monoisotopic (exact) mass is 267 g/mol. The quantitative estimate of drug-likeness (QED) is 0.697. The molecule has 0 saturated heterocycles. The number of aryl methyl sites for hydroxylation is 1. The van der Waals surface area contributed by atoms with E-state index in [-0.39, 0.29) is 0 Å². The number of hydrogen-bond donors (Lipinski definition) is 1. The summed E-state index contributed by atoms with van der Waals surface area (Å²) in [7, 11) is 1.69. The molecule has 1 rings (SSSR count). The maximum atomic E-state index is 5.74. The van der Waals surface area contributed by atoms with E-state index < -0.39 is 0 Å². The van der Waals surface area contributed by atoms with E-state index in [2.05, 4.69) is 29.1 Å². The highest BCUT2D eigenvalue weighted by molar-refractivity contribution is 5.48. The Morgan fingerprint density at radius 3 is 2.58 bits per heavy atom. The van der Waals surface area contributed by atoms with Crippen molar-refractivity contribution in [3.8, 4) is 5.88 Å². The summed E-state index contributed by atoms with van der Waals surface area (Å²) in [6.07, 6.45) is 2.75. The highest BCUT2D eigenvalue weighted by Crippen LogP contribution is 2.22. The number of aromatic nitrogens is 2. The van der Waals surface area contributed by atoms with Gasteiger partial charge in [-0.05, 0) is 20.3 Å². The fraction of sp³-hybridized carbons (Fsp3) is 0.714. The molecule has 1 heterocycles. The number of ether oxygens (including phenoxy) is 2. The second-order valence-electron chi connectivity index (χ2n) is 4.39. The lowest BCUT2D eigenvalue weighted by Gasteiger charge is -2.13. The van der Waals surface area contributed by atoms with Gasteiger partial charge in [0.1, 0.15) is 11.6 Å². The minimum Gasteiger partial charge on any atom is -0.477 e. The lowest BCUT2D eigenvalue weighted by Crippen LogP contribution is -2.10. The summed E-state index contributed by atoms with van der Waals surface area (Å²) >= 11 is 0. The number of hydrogen-bond acceptors (Lipinski definition) is 5. The number of methoxy groups -OCH3 is 1. The zero-order valence-corrected chi connectivity index (χ0v) is 12.5. The Bertz CT molecular complexity index is 383. The highest BCUT2D eigenvalue weighted by atomic mass is 16.5. The van der Waals surface area contributed by atoms with Crippen molar-refractivity contribution in [3.05, 3.63) is 11.4 Å². The van der Waals surface area contributed by atoms with Crippen molar-refractivity contribution in [2.75, 3.05) is 32.2 Å². The van der Waals surface area contributed by atoms with Crippen LogP contribution in [0.3, 0.4) is 0 Å². The van der Waals surface area contributed by atoms with Gasteiger partial charge in [-0.3, -0.25) is 0 Å². The van der Waals surface area contributed by atoms with Crippen LogP contribution >= 0.6 is 0 Å². The molecule has 0 aromatic carbocycles. The molecule has 0 bridgehead atoms. The minimum atomic E-state index is 0.614. The molecule has 0 radical (unpaired) electrons. The summed E-state index contributed by atoms with van der Waals surface area (Å²) in [4.78, 5) is 9.02.